The molecule has 3 N–H and O–H groups in total. The van der Waals surface area contributed by atoms with Crippen LogP contribution in [0, 0.1) is 0 Å². The number of esters is 2. The third-order valence-electron chi connectivity index (χ3n) is 10.7. The molecule has 0 aromatic carbocycles. The lowest BCUT2D eigenvalue weighted by Crippen LogP contribution is -2.28. The Morgan fingerprint density at radius 3 is 1.10 bits per heavy atom. The number of ether oxygens (including phenoxy) is 2. The summed E-state index contributed by atoms with van der Waals surface area (Å²) in [4.78, 5) is 34.7. The third kappa shape index (κ3) is 46.0. The van der Waals surface area contributed by atoms with Crippen molar-refractivity contribution in [1.29, 1.82) is 0 Å². The molecule has 0 radical (unpaired) electrons. The molecule has 0 saturated carbocycles. The van der Waals surface area contributed by atoms with Gasteiger partial charge < -0.3 is 24.6 Å². The zero-order valence-electron chi connectivity index (χ0n) is 40.0. The van der Waals surface area contributed by atoms with Crippen LogP contribution in [0.3, 0.4) is 0 Å². The normalized spacial score (nSPS) is 14.2. The summed E-state index contributed by atoms with van der Waals surface area (Å²) in [6.07, 6.45) is 54.8. The zero-order chi connectivity index (χ0) is 46.2. The van der Waals surface area contributed by atoms with Crippen LogP contribution in [0.5, 0.6) is 0 Å². The topological polar surface area (TPSA) is 149 Å². The van der Waals surface area contributed by atoms with Gasteiger partial charge in [0.25, 0.3) is 0 Å². The molecule has 0 saturated heterocycles. The molecule has 3 atom stereocenters. The Morgan fingerprint density at radius 1 is 0.444 bits per heavy atom. The third-order valence-corrected chi connectivity index (χ3v) is 11.7. The number of aliphatic hydroxyl groups excluding tert-OH is 2. The van der Waals surface area contributed by atoms with E-state index in [2.05, 4.69) is 74.6 Å². The first kappa shape index (κ1) is 60.7. The molecule has 366 valence electrons. The number of hydrogen-bond donors (Lipinski definition) is 3. The van der Waals surface area contributed by atoms with E-state index in [0.29, 0.717) is 12.8 Å². The summed E-state index contributed by atoms with van der Waals surface area (Å²) >= 11 is 0. The Morgan fingerprint density at radius 2 is 0.746 bits per heavy atom. The van der Waals surface area contributed by atoms with Crippen molar-refractivity contribution in [3.8, 4) is 0 Å². The SMILES string of the molecule is CC/C=C\C/C=C\C/C=C\C/C=C\CCCCCCC(=O)OC(CO)COP(=O)(O)OCC(CO)OC(=O)CCCCCCCCCCCCC/C=C\CCCCCCCCCC. The molecular formula is C52H93O10P. The summed E-state index contributed by atoms with van der Waals surface area (Å²) in [6.45, 7) is 2.09. The maximum atomic E-state index is 12.4. The molecule has 3 unspecified atom stereocenters. The molecule has 0 aromatic rings. The molecule has 63 heavy (non-hydrogen) atoms. The number of phosphoric ester groups is 1. The van der Waals surface area contributed by atoms with Crippen LogP contribution in [0.4, 0.5) is 0 Å². The summed E-state index contributed by atoms with van der Waals surface area (Å²) < 4.78 is 32.7. The number of phosphoric acid groups is 1. The fraction of sp³-hybridized carbons (Fsp3) is 0.769. The minimum absolute atomic E-state index is 0.162. The number of rotatable bonds is 47. The van der Waals surface area contributed by atoms with Crippen molar-refractivity contribution in [2.75, 3.05) is 26.4 Å². The van der Waals surface area contributed by atoms with Crippen molar-refractivity contribution in [1.82, 2.24) is 0 Å². The number of carbonyl (C=O) groups excluding carboxylic acids is 2. The van der Waals surface area contributed by atoms with Gasteiger partial charge in [-0.3, -0.25) is 18.6 Å². The fourth-order valence-electron chi connectivity index (χ4n) is 6.87. The Kier molecular flexibility index (Phi) is 45.9. The summed E-state index contributed by atoms with van der Waals surface area (Å²) in [7, 11) is -4.65. The van der Waals surface area contributed by atoms with E-state index in [4.69, 9.17) is 18.5 Å². The van der Waals surface area contributed by atoms with Crippen LogP contribution in [-0.2, 0) is 32.7 Å². The fourth-order valence-corrected chi connectivity index (χ4v) is 7.65. The van der Waals surface area contributed by atoms with E-state index < -0.39 is 58.4 Å². The maximum Gasteiger partial charge on any atom is 0.472 e. The van der Waals surface area contributed by atoms with Gasteiger partial charge in [-0.25, -0.2) is 4.57 Å². The molecule has 0 spiro atoms. The van der Waals surface area contributed by atoms with Crippen LogP contribution in [-0.4, -0.2) is 65.7 Å². The highest BCUT2D eigenvalue weighted by molar-refractivity contribution is 7.47. The first-order valence-corrected chi connectivity index (χ1v) is 26.7. The quantitative estimate of drug-likeness (QED) is 0.0233. The van der Waals surface area contributed by atoms with E-state index >= 15 is 0 Å². The molecular weight excluding hydrogens is 816 g/mol. The maximum absolute atomic E-state index is 12.4. The molecule has 10 nitrogen and oxygen atoms in total. The molecule has 0 aliphatic heterocycles. The van der Waals surface area contributed by atoms with Crippen molar-refractivity contribution in [2.24, 2.45) is 0 Å². The number of hydrogen-bond acceptors (Lipinski definition) is 9. The van der Waals surface area contributed by atoms with E-state index in [9.17, 15) is 29.3 Å². The van der Waals surface area contributed by atoms with Crippen LogP contribution in [0.25, 0.3) is 0 Å². The Balaban J connectivity index is 3.86. The summed E-state index contributed by atoms with van der Waals surface area (Å²) in [6, 6.07) is 0. The Labute approximate surface area is 385 Å². The number of carbonyl (C=O) groups is 2. The lowest BCUT2D eigenvalue weighted by atomic mass is 10.0. The van der Waals surface area contributed by atoms with Crippen molar-refractivity contribution in [2.45, 2.75) is 232 Å². The number of allylic oxidation sites excluding steroid dienone is 10. The van der Waals surface area contributed by atoms with Crippen molar-refractivity contribution < 1.29 is 47.8 Å². The highest BCUT2D eigenvalue weighted by Gasteiger charge is 2.27. The molecule has 0 fully saturated rings. The van der Waals surface area contributed by atoms with Gasteiger partial charge in [0, 0.05) is 12.8 Å². The van der Waals surface area contributed by atoms with Gasteiger partial charge in [0.05, 0.1) is 26.4 Å². The van der Waals surface area contributed by atoms with Gasteiger partial charge in [-0.1, -0.05) is 190 Å². The van der Waals surface area contributed by atoms with Gasteiger partial charge in [0.15, 0.2) is 0 Å². The summed E-state index contributed by atoms with van der Waals surface area (Å²) in [5, 5.41) is 19.2. The Hall–Kier alpha value is -2.33. The van der Waals surface area contributed by atoms with Crippen LogP contribution >= 0.6 is 7.82 Å². The lowest BCUT2D eigenvalue weighted by Gasteiger charge is -2.20. The van der Waals surface area contributed by atoms with E-state index in [1.54, 1.807) is 0 Å². The van der Waals surface area contributed by atoms with E-state index in [-0.39, 0.29) is 12.8 Å². The highest BCUT2D eigenvalue weighted by atomic mass is 31.2. The molecule has 11 heteroatoms. The van der Waals surface area contributed by atoms with Gasteiger partial charge >= 0.3 is 19.8 Å². The van der Waals surface area contributed by atoms with Gasteiger partial charge in [-0.15, -0.1) is 0 Å². The van der Waals surface area contributed by atoms with E-state index in [0.717, 1.165) is 70.6 Å². The summed E-state index contributed by atoms with van der Waals surface area (Å²) in [5.74, 6) is -1.04. The first-order chi connectivity index (χ1) is 30.8. The highest BCUT2D eigenvalue weighted by Crippen LogP contribution is 2.43. The molecule has 0 aliphatic carbocycles. The van der Waals surface area contributed by atoms with Crippen molar-refractivity contribution >= 4 is 19.8 Å². The number of unbranched alkanes of at least 4 members (excludes halogenated alkanes) is 23. The minimum Gasteiger partial charge on any atom is -0.457 e. The van der Waals surface area contributed by atoms with Gasteiger partial charge in [-0.2, -0.15) is 0 Å². The standard InChI is InChI=1S/C52H93O10P/c1-3-5-7-9-11-13-15-17-19-21-22-23-24-25-26-28-30-32-34-36-38-40-42-44-52(56)62-50(46-54)48-60-63(57,58)59-47-49(45-53)61-51(55)43-41-39-37-35-33-31-29-27-20-18-16-14-12-10-8-6-4-2/h6,8,12,14,18,20-22,29,31,49-50,53-54H,3-5,7,9-11,13,15-17,19,23-28,30,32-48H2,1-2H3,(H,57,58)/b8-6-,14-12-,20-18-,22-21-,31-29-. The smallest absolute Gasteiger partial charge is 0.457 e. The van der Waals surface area contributed by atoms with Gasteiger partial charge in [0.2, 0.25) is 0 Å². The van der Waals surface area contributed by atoms with Crippen LogP contribution in [0.15, 0.2) is 60.8 Å². The molecule has 0 aliphatic rings. The molecule has 0 bridgehead atoms. The van der Waals surface area contributed by atoms with Gasteiger partial charge in [0.1, 0.15) is 12.2 Å². The van der Waals surface area contributed by atoms with E-state index in [1.165, 1.54) is 109 Å². The lowest BCUT2D eigenvalue weighted by molar-refractivity contribution is -0.153. The summed E-state index contributed by atoms with van der Waals surface area (Å²) in [5.41, 5.74) is 0. The van der Waals surface area contributed by atoms with Crippen LogP contribution in [0.1, 0.15) is 219 Å². The molecule has 0 amide bonds. The number of aliphatic hydroxyl groups is 2. The van der Waals surface area contributed by atoms with Gasteiger partial charge in [-0.05, 0) is 77.0 Å². The van der Waals surface area contributed by atoms with Crippen LogP contribution < -0.4 is 0 Å². The minimum atomic E-state index is -4.65. The second-order valence-electron chi connectivity index (χ2n) is 16.8. The Bertz CT molecular complexity index is 1230. The average molecular weight is 909 g/mol. The predicted octanol–water partition coefficient (Wildman–Crippen LogP) is 14.2. The van der Waals surface area contributed by atoms with Crippen molar-refractivity contribution in [3.05, 3.63) is 60.8 Å². The second kappa shape index (κ2) is 47.6. The monoisotopic (exact) mass is 909 g/mol. The predicted molar refractivity (Wildman–Crippen MR) is 260 cm³/mol. The largest absolute Gasteiger partial charge is 0.472 e. The van der Waals surface area contributed by atoms with E-state index in [1.807, 2.05) is 0 Å². The molecule has 0 rings (SSSR count). The zero-order valence-corrected chi connectivity index (χ0v) is 40.9. The second-order valence-corrected chi connectivity index (χ2v) is 18.2. The molecule has 0 heterocycles. The first-order valence-electron chi connectivity index (χ1n) is 25.2. The van der Waals surface area contributed by atoms with Crippen molar-refractivity contribution in [3.63, 3.8) is 0 Å². The van der Waals surface area contributed by atoms with Crippen LogP contribution in [0.2, 0.25) is 0 Å². The molecule has 0 aromatic heterocycles. The average Bonchev–Trinajstić information content (AvgIpc) is 3.27.